The maximum atomic E-state index is 12.2. The lowest BCUT2D eigenvalue weighted by atomic mass is 10.2. The molecule has 0 bridgehead atoms. The van der Waals surface area contributed by atoms with Crippen LogP contribution in [0.2, 0.25) is 0 Å². The van der Waals surface area contributed by atoms with E-state index >= 15 is 0 Å². The topological polar surface area (TPSA) is 77.0 Å². The summed E-state index contributed by atoms with van der Waals surface area (Å²) in [7, 11) is -0.596. The van der Waals surface area contributed by atoms with Crippen LogP contribution >= 0.6 is 22.6 Å². The number of hydrogen-bond acceptors (Lipinski definition) is 5. The molecule has 2 aromatic carbocycles. The third-order valence-corrected chi connectivity index (χ3v) is 5.21. The molecule has 0 spiro atoms. The average Bonchev–Trinajstić information content (AvgIpc) is 2.54. The van der Waals surface area contributed by atoms with Gasteiger partial charge in [0.05, 0.1) is 28.9 Å². The van der Waals surface area contributed by atoms with Crippen molar-refractivity contribution in [3.8, 4) is 11.5 Å². The average molecular weight is 460 g/mol. The second-order valence-electron chi connectivity index (χ2n) is 4.90. The van der Waals surface area contributed by atoms with Crippen molar-refractivity contribution in [2.24, 2.45) is 5.10 Å². The van der Waals surface area contributed by atoms with Crippen LogP contribution in [0.4, 0.5) is 0 Å². The summed E-state index contributed by atoms with van der Waals surface area (Å²) in [6.45, 7) is 1.89. The SMILES string of the molecule is COc1cc(/C=N\NS(=O)(=O)c2ccc(C)cc2)cc(I)c1OC. The first kappa shape index (κ1) is 18.5. The summed E-state index contributed by atoms with van der Waals surface area (Å²) in [5.74, 6) is 1.17. The lowest BCUT2D eigenvalue weighted by Crippen LogP contribution is -2.18. The van der Waals surface area contributed by atoms with Crippen LogP contribution in [0.25, 0.3) is 0 Å². The van der Waals surface area contributed by atoms with Crippen LogP contribution in [0, 0.1) is 10.5 Å². The molecular weight excluding hydrogens is 443 g/mol. The zero-order chi connectivity index (χ0) is 17.7. The summed E-state index contributed by atoms with van der Waals surface area (Å²) in [5, 5.41) is 3.82. The van der Waals surface area contributed by atoms with Crippen molar-refractivity contribution >= 4 is 38.8 Å². The Labute approximate surface area is 155 Å². The lowest BCUT2D eigenvalue weighted by molar-refractivity contribution is 0.353. The molecule has 0 amide bonds. The number of rotatable bonds is 6. The van der Waals surface area contributed by atoms with Gasteiger partial charge in [-0.3, -0.25) is 0 Å². The summed E-state index contributed by atoms with van der Waals surface area (Å²) < 4.78 is 35.7. The minimum atomic E-state index is -3.69. The van der Waals surface area contributed by atoms with Gasteiger partial charge in [0, 0.05) is 0 Å². The fourth-order valence-electron chi connectivity index (χ4n) is 1.95. The van der Waals surface area contributed by atoms with Gasteiger partial charge in [-0.1, -0.05) is 17.7 Å². The van der Waals surface area contributed by atoms with Crippen molar-refractivity contribution in [3.05, 3.63) is 51.1 Å². The predicted molar refractivity (Wildman–Crippen MR) is 101 cm³/mol. The molecule has 0 aliphatic carbocycles. The molecule has 0 fully saturated rings. The summed E-state index contributed by atoms with van der Waals surface area (Å²) in [6, 6.07) is 10.1. The van der Waals surface area contributed by atoms with Gasteiger partial charge in [-0.2, -0.15) is 13.5 Å². The molecule has 2 aromatic rings. The van der Waals surface area contributed by atoms with Crippen LogP contribution in [0.15, 0.2) is 46.4 Å². The van der Waals surface area contributed by atoms with E-state index in [4.69, 9.17) is 9.47 Å². The minimum absolute atomic E-state index is 0.159. The van der Waals surface area contributed by atoms with Gasteiger partial charge in [-0.05, 0) is 59.3 Å². The monoisotopic (exact) mass is 460 g/mol. The third-order valence-electron chi connectivity index (χ3n) is 3.17. The van der Waals surface area contributed by atoms with E-state index in [-0.39, 0.29) is 4.90 Å². The molecule has 8 heteroatoms. The smallest absolute Gasteiger partial charge is 0.276 e. The van der Waals surface area contributed by atoms with E-state index in [1.54, 1.807) is 25.3 Å². The Morgan fingerprint density at radius 3 is 2.38 bits per heavy atom. The Morgan fingerprint density at radius 1 is 1.12 bits per heavy atom. The Morgan fingerprint density at radius 2 is 1.79 bits per heavy atom. The zero-order valence-corrected chi connectivity index (χ0v) is 16.4. The second kappa shape index (κ2) is 7.84. The highest BCUT2D eigenvalue weighted by Crippen LogP contribution is 2.33. The van der Waals surface area contributed by atoms with Crippen molar-refractivity contribution in [3.63, 3.8) is 0 Å². The molecule has 0 radical (unpaired) electrons. The minimum Gasteiger partial charge on any atom is -0.493 e. The first-order valence-electron chi connectivity index (χ1n) is 6.90. The molecule has 128 valence electrons. The van der Waals surface area contributed by atoms with Crippen LogP contribution in [-0.2, 0) is 10.0 Å². The highest BCUT2D eigenvalue weighted by molar-refractivity contribution is 14.1. The Balaban J connectivity index is 2.19. The van der Waals surface area contributed by atoms with E-state index in [0.717, 1.165) is 9.13 Å². The molecule has 24 heavy (non-hydrogen) atoms. The van der Waals surface area contributed by atoms with Crippen LogP contribution in [0.1, 0.15) is 11.1 Å². The third kappa shape index (κ3) is 4.38. The van der Waals surface area contributed by atoms with E-state index in [0.29, 0.717) is 17.1 Å². The van der Waals surface area contributed by atoms with E-state index in [1.165, 1.54) is 25.5 Å². The summed E-state index contributed by atoms with van der Waals surface area (Å²) >= 11 is 2.11. The number of aryl methyl sites for hydroxylation is 1. The van der Waals surface area contributed by atoms with Gasteiger partial charge in [0.2, 0.25) is 0 Å². The molecular formula is C16H17IN2O4S. The molecule has 0 aliphatic rings. The maximum absolute atomic E-state index is 12.2. The Bertz CT molecular complexity index is 849. The van der Waals surface area contributed by atoms with Crippen molar-refractivity contribution in [2.45, 2.75) is 11.8 Å². The number of hydrogen-bond donors (Lipinski definition) is 1. The van der Waals surface area contributed by atoms with E-state index in [9.17, 15) is 8.42 Å². The number of halogens is 1. The molecule has 6 nitrogen and oxygen atoms in total. The Kier molecular flexibility index (Phi) is 6.05. The van der Waals surface area contributed by atoms with Crippen LogP contribution < -0.4 is 14.3 Å². The number of methoxy groups -OCH3 is 2. The van der Waals surface area contributed by atoms with E-state index < -0.39 is 10.0 Å². The zero-order valence-electron chi connectivity index (χ0n) is 13.4. The highest BCUT2D eigenvalue weighted by atomic mass is 127. The van der Waals surface area contributed by atoms with Gasteiger partial charge in [-0.25, -0.2) is 4.83 Å². The molecule has 1 N–H and O–H groups in total. The number of hydrazone groups is 1. The van der Waals surface area contributed by atoms with Crippen molar-refractivity contribution in [1.29, 1.82) is 0 Å². The standard InChI is InChI=1S/C16H17IN2O4S/c1-11-4-6-13(7-5-11)24(20,21)19-18-10-12-8-14(17)16(23-3)15(9-12)22-2/h4-10,19H,1-3H3/b18-10-. The second-order valence-corrected chi connectivity index (χ2v) is 7.73. The molecule has 0 aromatic heterocycles. The van der Waals surface area contributed by atoms with Gasteiger partial charge in [0.15, 0.2) is 11.5 Å². The van der Waals surface area contributed by atoms with Gasteiger partial charge in [-0.15, -0.1) is 0 Å². The first-order chi connectivity index (χ1) is 11.4. The van der Waals surface area contributed by atoms with Crippen LogP contribution in [0.3, 0.4) is 0 Å². The van der Waals surface area contributed by atoms with Gasteiger partial charge in [0.25, 0.3) is 10.0 Å². The fourth-order valence-corrected chi connectivity index (χ4v) is 3.59. The van der Waals surface area contributed by atoms with Crippen LogP contribution in [0.5, 0.6) is 11.5 Å². The molecule has 0 unspecified atom stereocenters. The molecule has 0 saturated heterocycles. The number of ether oxygens (including phenoxy) is 2. The molecule has 0 saturated carbocycles. The number of sulfonamides is 1. The fraction of sp³-hybridized carbons (Fsp3) is 0.188. The number of nitrogens with one attached hydrogen (secondary N) is 1. The first-order valence-corrected chi connectivity index (χ1v) is 9.46. The molecule has 2 rings (SSSR count). The highest BCUT2D eigenvalue weighted by Gasteiger charge is 2.12. The summed E-state index contributed by atoms with van der Waals surface area (Å²) in [5.41, 5.74) is 1.67. The van der Waals surface area contributed by atoms with Gasteiger partial charge in [0.1, 0.15) is 0 Å². The molecule has 0 atom stereocenters. The molecule has 0 aliphatic heterocycles. The molecule has 0 heterocycles. The van der Waals surface area contributed by atoms with E-state index in [2.05, 4.69) is 32.5 Å². The number of benzene rings is 2. The number of nitrogens with zero attached hydrogens (tertiary/aromatic N) is 1. The lowest BCUT2D eigenvalue weighted by Gasteiger charge is -2.10. The predicted octanol–water partition coefficient (Wildman–Crippen LogP) is 2.93. The largest absolute Gasteiger partial charge is 0.493 e. The van der Waals surface area contributed by atoms with Crippen molar-refractivity contribution < 1.29 is 17.9 Å². The maximum Gasteiger partial charge on any atom is 0.276 e. The van der Waals surface area contributed by atoms with Gasteiger partial charge >= 0.3 is 0 Å². The Hall–Kier alpha value is -1.81. The quantitative estimate of drug-likeness (QED) is 0.409. The normalized spacial score (nSPS) is 11.5. The van der Waals surface area contributed by atoms with Crippen molar-refractivity contribution in [1.82, 2.24) is 4.83 Å². The van der Waals surface area contributed by atoms with E-state index in [1.807, 2.05) is 13.0 Å². The summed E-state index contributed by atoms with van der Waals surface area (Å²) in [6.07, 6.45) is 1.41. The van der Waals surface area contributed by atoms with Gasteiger partial charge < -0.3 is 9.47 Å². The van der Waals surface area contributed by atoms with Crippen molar-refractivity contribution in [2.75, 3.05) is 14.2 Å². The van der Waals surface area contributed by atoms with Crippen LogP contribution in [-0.4, -0.2) is 28.9 Å². The summed E-state index contributed by atoms with van der Waals surface area (Å²) in [4.78, 5) is 2.36.